The highest BCUT2D eigenvalue weighted by molar-refractivity contribution is 6.48. The smallest absolute Gasteiger partial charge is 0.296 e. The molecule has 1 aromatic heterocycles. The molecule has 1 amide bonds. The number of carbonyl (C=O) groups excluding carboxylic acids is 2. The molecule has 116 valence electrons. The topological polar surface area (TPSA) is 82.2 Å². The average molecular weight is 308 g/mol. The van der Waals surface area contributed by atoms with E-state index in [1.54, 1.807) is 25.1 Å². The minimum atomic E-state index is -0.779. The van der Waals surface area contributed by atoms with Crippen LogP contribution in [0.25, 0.3) is 10.9 Å². The lowest BCUT2D eigenvalue weighted by Gasteiger charge is -2.07. The number of ketones is 1. The van der Waals surface area contributed by atoms with Crippen molar-refractivity contribution >= 4 is 28.3 Å². The Balaban J connectivity index is 1.94. The van der Waals surface area contributed by atoms with Crippen molar-refractivity contribution in [2.75, 3.05) is 5.32 Å². The van der Waals surface area contributed by atoms with Gasteiger partial charge in [0, 0.05) is 16.6 Å². The van der Waals surface area contributed by atoms with Crippen molar-refractivity contribution in [2.24, 2.45) is 0 Å². The van der Waals surface area contributed by atoms with E-state index in [-0.39, 0.29) is 11.4 Å². The second-order valence-corrected chi connectivity index (χ2v) is 5.47. The van der Waals surface area contributed by atoms with E-state index < -0.39 is 11.7 Å². The molecule has 0 bridgehead atoms. The molecule has 5 heteroatoms. The zero-order valence-electron chi connectivity index (χ0n) is 12.8. The van der Waals surface area contributed by atoms with Gasteiger partial charge in [-0.3, -0.25) is 9.59 Å². The molecule has 5 nitrogen and oxygen atoms in total. The van der Waals surface area contributed by atoms with Crippen molar-refractivity contribution in [3.8, 4) is 5.75 Å². The lowest BCUT2D eigenvalue weighted by atomic mass is 10.1. The van der Waals surface area contributed by atoms with Gasteiger partial charge in [-0.1, -0.05) is 24.3 Å². The summed E-state index contributed by atoms with van der Waals surface area (Å²) in [4.78, 5) is 27.9. The summed E-state index contributed by atoms with van der Waals surface area (Å²) in [6.45, 7) is 3.59. The van der Waals surface area contributed by atoms with Gasteiger partial charge < -0.3 is 15.4 Å². The Kier molecular flexibility index (Phi) is 3.62. The number of aromatic amines is 1. The van der Waals surface area contributed by atoms with Crippen LogP contribution in [0.15, 0.2) is 42.5 Å². The lowest BCUT2D eigenvalue weighted by Crippen LogP contribution is -2.23. The van der Waals surface area contributed by atoms with Gasteiger partial charge in [-0.2, -0.15) is 0 Å². The molecule has 0 atom stereocenters. The van der Waals surface area contributed by atoms with E-state index in [9.17, 15) is 14.7 Å². The van der Waals surface area contributed by atoms with Crippen molar-refractivity contribution in [2.45, 2.75) is 13.8 Å². The van der Waals surface area contributed by atoms with E-state index in [0.717, 1.165) is 11.1 Å². The summed E-state index contributed by atoms with van der Waals surface area (Å²) in [6, 6.07) is 12.1. The summed E-state index contributed by atoms with van der Waals surface area (Å²) in [5, 5.41) is 13.0. The molecule has 0 radical (unpaired) electrons. The monoisotopic (exact) mass is 308 g/mol. The number of phenolic OH excluding ortho intramolecular Hbond substituents is 1. The van der Waals surface area contributed by atoms with Crippen LogP contribution in [0, 0.1) is 13.8 Å². The van der Waals surface area contributed by atoms with Gasteiger partial charge in [0.15, 0.2) is 0 Å². The predicted octanol–water partition coefficient (Wildman–Crippen LogP) is 3.31. The third-order valence-corrected chi connectivity index (χ3v) is 3.73. The molecule has 1 heterocycles. The van der Waals surface area contributed by atoms with E-state index in [1.165, 1.54) is 6.07 Å². The Morgan fingerprint density at radius 3 is 2.61 bits per heavy atom. The van der Waals surface area contributed by atoms with Crippen molar-refractivity contribution in [1.82, 2.24) is 4.98 Å². The highest BCUT2D eigenvalue weighted by Crippen LogP contribution is 2.26. The third-order valence-electron chi connectivity index (χ3n) is 3.73. The molecule has 0 saturated carbocycles. The zero-order chi connectivity index (χ0) is 16.6. The second kappa shape index (κ2) is 5.61. The van der Waals surface area contributed by atoms with E-state index in [0.29, 0.717) is 16.6 Å². The van der Waals surface area contributed by atoms with Gasteiger partial charge in [0.05, 0.1) is 11.3 Å². The van der Waals surface area contributed by atoms with Crippen LogP contribution in [-0.2, 0) is 4.79 Å². The molecule has 3 rings (SSSR count). The van der Waals surface area contributed by atoms with E-state index >= 15 is 0 Å². The van der Waals surface area contributed by atoms with Crippen LogP contribution in [0.1, 0.15) is 21.6 Å². The Morgan fingerprint density at radius 1 is 1.09 bits per heavy atom. The number of para-hydroxylation sites is 1. The highest BCUT2D eigenvalue weighted by atomic mass is 16.3. The molecule has 3 N–H and O–H groups in total. The van der Waals surface area contributed by atoms with Crippen molar-refractivity contribution in [1.29, 1.82) is 0 Å². The zero-order valence-corrected chi connectivity index (χ0v) is 12.8. The second-order valence-electron chi connectivity index (χ2n) is 5.47. The fourth-order valence-corrected chi connectivity index (χ4v) is 2.61. The number of benzene rings is 2. The summed E-state index contributed by atoms with van der Waals surface area (Å²) in [7, 11) is 0. The van der Waals surface area contributed by atoms with Gasteiger partial charge in [0.1, 0.15) is 5.75 Å². The Morgan fingerprint density at radius 2 is 1.83 bits per heavy atom. The Bertz CT molecular complexity index is 925. The molecule has 3 aromatic rings. The van der Waals surface area contributed by atoms with Crippen LogP contribution >= 0.6 is 0 Å². The quantitative estimate of drug-likeness (QED) is 0.394. The number of H-pyrrole nitrogens is 1. The Hall–Kier alpha value is -3.08. The van der Waals surface area contributed by atoms with Gasteiger partial charge in [-0.25, -0.2) is 0 Å². The number of aromatic hydroxyl groups is 1. The standard InChI is InChI=1S/C18H16N2O3/c1-10-7-8-15(21)14(9-10)20-18(23)17(22)16-11(2)19-13-6-4-3-5-12(13)16/h3-9,19,21H,1-2H3,(H,20,23). The number of anilines is 1. The number of fused-ring (bicyclic) bond motifs is 1. The van der Waals surface area contributed by atoms with Gasteiger partial charge in [-0.15, -0.1) is 0 Å². The average Bonchev–Trinajstić information content (AvgIpc) is 2.86. The van der Waals surface area contributed by atoms with Crippen LogP contribution in [0.4, 0.5) is 5.69 Å². The number of Topliss-reactive ketones (excluding diaryl/α,β-unsaturated/α-hetero) is 1. The maximum Gasteiger partial charge on any atom is 0.296 e. The van der Waals surface area contributed by atoms with Gasteiger partial charge in [0.25, 0.3) is 11.7 Å². The normalized spacial score (nSPS) is 10.7. The molecule has 0 aliphatic heterocycles. The first kappa shape index (κ1) is 14.8. The molecule has 2 aromatic carbocycles. The summed E-state index contributed by atoms with van der Waals surface area (Å²) >= 11 is 0. The minimum Gasteiger partial charge on any atom is -0.506 e. The number of nitrogens with one attached hydrogen (secondary N) is 2. The van der Waals surface area contributed by atoms with Crippen LogP contribution in [0.2, 0.25) is 0 Å². The minimum absolute atomic E-state index is 0.0765. The summed E-state index contributed by atoms with van der Waals surface area (Å²) in [5.41, 5.74) is 2.89. The van der Waals surface area contributed by atoms with Crippen LogP contribution < -0.4 is 5.32 Å². The first-order valence-electron chi connectivity index (χ1n) is 7.20. The molecule has 0 unspecified atom stereocenters. The van der Waals surface area contributed by atoms with Gasteiger partial charge in [-0.05, 0) is 37.6 Å². The third kappa shape index (κ3) is 2.68. The van der Waals surface area contributed by atoms with E-state index in [4.69, 9.17) is 0 Å². The number of hydrogen-bond donors (Lipinski definition) is 3. The summed E-state index contributed by atoms with van der Waals surface area (Å²) in [6.07, 6.45) is 0. The number of amides is 1. The highest BCUT2D eigenvalue weighted by Gasteiger charge is 2.23. The van der Waals surface area contributed by atoms with Gasteiger partial charge >= 0.3 is 0 Å². The fourth-order valence-electron chi connectivity index (χ4n) is 2.61. The maximum absolute atomic E-state index is 12.5. The molecular weight excluding hydrogens is 292 g/mol. The Labute approximate surface area is 133 Å². The lowest BCUT2D eigenvalue weighted by molar-refractivity contribution is -0.112. The molecule has 0 aliphatic carbocycles. The largest absolute Gasteiger partial charge is 0.506 e. The fraction of sp³-hybridized carbons (Fsp3) is 0.111. The number of aryl methyl sites for hydroxylation is 2. The number of rotatable bonds is 3. The maximum atomic E-state index is 12.5. The number of aromatic nitrogens is 1. The first-order valence-corrected chi connectivity index (χ1v) is 7.20. The first-order chi connectivity index (χ1) is 11.0. The van der Waals surface area contributed by atoms with Crippen molar-refractivity contribution in [3.05, 3.63) is 59.3 Å². The number of hydrogen-bond acceptors (Lipinski definition) is 3. The van der Waals surface area contributed by atoms with Crippen molar-refractivity contribution in [3.63, 3.8) is 0 Å². The molecule has 0 fully saturated rings. The van der Waals surface area contributed by atoms with Crippen LogP contribution in [-0.4, -0.2) is 21.8 Å². The molecule has 0 aliphatic rings. The van der Waals surface area contributed by atoms with Crippen LogP contribution in [0.5, 0.6) is 5.75 Å². The summed E-state index contributed by atoms with van der Waals surface area (Å²) < 4.78 is 0. The predicted molar refractivity (Wildman–Crippen MR) is 88.8 cm³/mol. The van der Waals surface area contributed by atoms with E-state index in [1.807, 2.05) is 25.1 Å². The van der Waals surface area contributed by atoms with Gasteiger partial charge in [0.2, 0.25) is 0 Å². The number of carbonyl (C=O) groups is 2. The molecular formula is C18H16N2O3. The van der Waals surface area contributed by atoms with Crippen molar-refractivity contribution < 1.29 is 14.7 Å². The van der Waals surface area contributed by atoms with E-state index in [2.05, 4.69) is 10.3 Å². The molecule has 23 heavy (non-hydrogen) atoms. The molecule has 0 saturated heterocycles. The van der Waals surface area contributed by atoms with Crippen LogP contribution in [0.3, 0.4) is 0 Å². The number of phenols is 1. The molecule has 0 spiro atoms. The SMILES string of the molecule is Cc1ccc(O)c(NC(=O)C(=O)c2c(C)[nH]c3ccccc23)c1. The summed E-state index contributed by atoms with van der Waals surface area (Å²) in [5.74, 6) is -1.49.